The minimum Gasteiger partial charge on any atom is -0.392 e. The quantitative estimate of drug-likeness (QED) is 0.289. The van der Waals surface area contributed by atoms with E-state index in [0.29, 0.717) is 22.3 Å². The standard InChI is InChI=1S/C31H30FN5O5S/c1-31(2,3)20-13-19-15-34-37(30(40)28(19)24(32)14-20)27-7-5-6-26(23(27)17-38)36-16-22(29(33)39)25(35-36)12-18-8-10-21(11-9-18)43(4,41)42/h5-11,13-16,38H,12,17H2,1-4H3,(H2,33,39). The molecular weight excluding hydrogens is 573 g/mol. The summed E-state index contributed by atoms with van der Waals surface area (Å²) in [5, 5.41) is 19.5. The number of hydrogen-bond acceptors (Lipinski definition) is 7. The molecule has 1 amide bonds. The van der Waals surface area contributed by atoms with Crippen LogP contribution in [-0.2, 0) is 28.3 Å². The lowest BCUT2D eigenvalue weighted by Crippen LogP contribution is -2.24. The van der Waals surface area contributed by atoms with Crippen molar-refractivity contribution in [2.75, 3.05) is 6.26 Å². The van der Waals surface area contributed by atoms with Crippen molar-refractivity contribution in [2.45, 2.75) is 44.1 Å². The Bertz CT molecular complexity index is 2060. The Balaban J connectivity index is 1.60. The van der Waals surface area contributed by atoms with E-state index in [0.717, 1.165) is 16.5 Å². The molecule has 10 nitrogen and oxygen atoms in total. The number of carbonyl (C=O) groups excluding carboxylic acids is 1. The molecule has 43 heavy (non-hydrogen) atoms. The lowest BCUT2D eigenvalue weighted by molar-refractivity contribution is 0.0999. The first-order valence-electron chi connectivity index (χ1n) is 13.3. The summed E-state index contributed by atoms with van der Waals surface area (Å²) >= 11 is 0. The van der Waals surface area contributed by atoms with Crippen LogP contribution < -0.4 is 11.3 Å². The highest BCUT2D eigenvalue weighted by Gasteiger charge is 2.22. The molecule has 0 bridgehead atoms. The number of benzene rings is 3. The summed E-state index contributed by atoms with van der Waals surface area (Å²) in [6.45, 7) is 5.30. The predicted octanol–water partition coefficient (Wildman–Crippen LogP) is 3.59. The number of amides is 1. The van der Waals surface area contributed by atoms with Gasteiger partial charge in [-0.2, -0.15) is 14.9 Å². The van der Waals surface area contributed by atoms with Crippen molar-refractivity contribution in [3.05, 3.63) is 111 Å². The fourth-order valence-corrected chi connectivity index (χ4v) is 5.52. The Labute approximate surface area is 247 Å². The predicted molar refractivity (Wildman–Crippen MR) is 160 cm³/mol. The average molecular weight is 604 g/mol. The molecule has 3 aromatic carbocycles. The number of aliphatic hydroxyl groups excluding tert-OH is 1. The topological polar surface area (TPSA) is 150 Å². The van der Waals surface area contributed by atoms with Gasteiger partial charge in [0, 0.05) is 29.8 Å². The second-order valence-corrected chi connectivity index (χ2v) is 13.4. The smallest absolute Gasteiger partial charge is 0.282 e. The zero-order chi connectivity index (χ0) is 31.3. The Morgan fingerprint density at radius 3 is 2.35 bits per heavy atom. The highest BCUT2D eigenvalue weighted by molar-refractivity contribution is 7.90. The van der Waals surface area contributed by atoms with E-state index in [1.807, 2.05) is 20.8 Å². The molecule has 12 heteroatoms. The van der Waals surface area contributed by atoms with Gasteiger partial charge in [0.05, 0.1) is 45.7 Å². The summed E-state index contributed by atoms with van der Waals surface area (Å²) in [4.78, 5) is 26.0. The Kier molecular flexibility index (Phi) is 7.53. The van der Waals surface area contributed by atoms with Crippen LogP contribution in [-0.4, -0.2) is 45.2 Å². The van der Waals surface area contributed by atoms with E-state index in [4.69, 9.17) is 5.73 Å². The summed E-state index contributed by atoms with van der Waals surface area (Å²) in [6.07, 6.45) is 4.12. The first-order valence-corrected chi connectivity index (χ1v) is 15.2. The summed E-state index contributed by atoms with van der Waals surface area (Å²) in [5.74, 6) is -1.40. The van der Waals surface area contributed by atoms with Crippen molar-refractivity contribution >= 4 is 26.5 Å². The third-order valence-electron chi connectivity index (χ3n) is 7.24. The van der Waals surface area contributed by atoms with Crippen LogP contribution in [0.4, 0.5) is 4.39 Å². The maximum Gasteiger partial charge on any atom is 0.282 e. The van der Waals surface area contributed by atoms with Crippen LogP contribution in [0.1, 0.15) is 53.5 Å². The van der Waals surface area contributed by atoms with Crippen LogP contribution in [0.15, 0.2) is 76.7 Å². The van der Waals surface area contributed by atoms with Crippen LogP contribution in [0.5, 0.6) is 0 Å². The number of primary amides is 1. The van der Waals surface area contributed by atoms with E-state index in [2.05, 4.69) is 10.2 Å². The summed E-state index contributed by atoms with van der Waals surface area (Å²) in [6, 6.07) is 14.1. The number of halogens is 1. The summed E-state index contributed by atoms with van der Waals surface area (Å²) < 4.78 is 41.3. The van der Waals surface area contributed by atoms with Crippen LogP contribution >= 0.6 is 0 Å². The minimum absolute atomic E-state index is 0.124. The number of hydrogen-bond donors (Lipinski definition) is 2. The molecule has 0 aliphatic heterocycles. The fraction of sp³-hybridized carbons (Fsp3) is 0.226. The molecule has 5 aromatic rings. The number of carbonyl (C=O) groups is 1. The van der Waals surface area contributed by atoms with Gasteiger partial charge in [0.2, 0.25) is 0 Å². The van der Waals surface area contributed by atoms with Crippen LogP contribution in [0.3, 0.4) is 0 Å². The molecular formula is C31H30FN5O5S. The first kappa shape index (κ1) is 29.8. The minimum atomic E-state index is -3.37. The molecule has 0 aliphatic carbocycles. The number of fused-ring (bicyclic) bond motifs is 1. The number of sulfone groups is 1. The van der Waals surface area contributed by atoms with Crippen molar-refractivity contribution in [1.29, 1.82) is 0 Å². The van der Waals surface area contributed by atoms with Gasteiger partial charge in [-0.15, -0.1) is 0 Å². The van der Waals surface area contributed by atoms with E-state index in [9.17, 15) is 23.1 Å². The highest BCUT2D eigenvalue weighted by Crippen LogP contribution is 2.28. The van der Waals surface area contributed by atoms with E-state index in [1.165, 1.54) is 35.3 Å². The largest absolute Gasteiger partial charge is 0.392 e. The van der Waals surface area contributed by atoms with Gasteiger partial charge < -0.3 is 10.8 Å². The molecule has 3 N–H and O–H groups in total. The number of nitrogens with zero attached hydrogens (tertiary/aromatic N) is 4. The maximum absolute atomic E-state index is 15.3. The molecule has 5 rings (SSSR count). The van der Waals surface area contributed by atoms with Crippen molar-refractivity contribution in [2.24, 2.45) is 5.73 Å². The molecule has 0 fully saturated rings. The number of nitrogens with two attached hydrogens (primary N) is 1. The molecule has 0 aliphatic rings. The zero-order valence-corrected chi connectivity index (χ0v) is 24.8. The van der Waals surface area contributed by atoms with Gasteiger partial charge in [-0.1, -0.05) is 39.0 Å². The van der Waals surface area contributed by atoms with E-state index in [-0.39, 0.29) is 38.9 Å². The lowest BCUT2D eigenvalue weighted by Gasteiger charge is -2.20. The van der Waals surface area contributed by atoms with Crippen molar-refractivity contribution in [3.8, 4) is 11.4 Å². The average Bonchev–Trinajstić information content (AvgIpc) is 3.36. The maximum atomic E-state index is 15.3. The third kappa shape index (κ3) is 5.71. The van der Waals surface area contributed by atoms with Crippen LogP contribution in [0, 0.1) is 5.82 Å². The van der Waals surface area contributed by atoms with E-state index in [1.54, 1.807) is 36.4 Å². The third-order valence-corrected chi connectivity index (χ3v) is 8.37. The molecule has 2 aromatic heterocycles. The molecule has 222 valence electrons. The van der Waals surface area contributed by atoms with Crippen LogP contribution in [0.2, 0.25) is 0 Å². The van der Waals surface area contributed by atoms with Gasteiger partial charge in [0.15, 0.2) is 9.84 Å². The normalized spacial score (nSPS) is 12.1. The summed E-state index contributed by atoms with van der Waals surface area (Å²) in [5.41, 5.74) is 7.29. The molecule has 0 atom stereocenters. The van der Waals surface area contributed by atoms with Gasteiger partial charge in [0.1, 0.15) is 5.82 Å². The second-order valence-electron chi connectivity index (χ2n) is 11.4. The second kappa shape index (κ2) is 10.9. The van der Waals surface area contributed by atoms with Gasteiger partial charge in [0.25, 0.3) is 11.5 Å². The van der Waals surface area contributed by atoms with E-state index < -0.39 is 33.7 Å². The zero-order valence-electron chi connectivity index (χ0n) is 24.0. The Morgan fingerprint density at radius 1 is 1.07 bits per heavy atom. The number of aromatic nitrogens is 4. The number of rotatable bonds is 7. The van der Waals surface area contributed by atoms with Gasteiger partial charge in [-0.05, 0) is 52.9 Å². The lowest BCUT2D eigenvalue weighted by atomic mass is 9.86. The van der Waals surface area contributed by atoms with Gasteiger partial charge >= 0.3 is 0 Å². The van der Waals surface area contributed by atoms with E-state index >= 15 is 4.39 Å². The SMILES string of the molecule is CC(C)(C)c1cc(F)c2c(=O)n(-c3cccc(-n4cc(C(N)=O)c(Cc5ccc(S(C)(=O)=O)cc5)n4)c3CO)ncc2c1. The fourth-order valence-electron chi connectivity index (χ4n) is 4.89. The van der Waals surface area contributed by atoms with Crippen molar-refractivity contribution in [3.63, 3.8) is 0 Å². The van der Waals surface area contributed by atoms with Gasteiger partial charge in [-0.25, -0.2) is 17.5 Å². The molecule has 0 saturated carbocycles. The molecule has 2 heterocycles. The monoisotopic (exact) mass is 603 g/mol. The van der Waals surface area contributed by atoms with Crippen molar-refractivity contribution < 1.29 is 22.7 Å². The van der Waals surface area contributed by atoms with Crippen molar-refractivity contribution in [1.82, 2.24) is 19.6 Å². The van der Waals surface area contributed by atoms with Crippen LogP contribution in [0.25, 0.3) is 22.1 Å². The Hall–Kier alpha value is -4.68. The number of aliphatic hydroxyl groups is 1. The molecule has 0 spiro atoms. The van der Waals surface area contributed by atoms with Gasteiger partial charge in [-0.3, -0.25) is 9.59 Å². The first-order chi connectivity index (χ1) is 20.2. The Morgan fingerprint density at radius 2 is 1.74 bits per heavy atom. The highest BCUT2D eigenvalue weighted by atomic mass is 32.2. The molecule has 0 radical (unpaired) electrons. The molecule has 0 saturated heterocycles. The summed E-state index contributed by atoms with van der Waals surface area (Å²) in [7, 11) is -3.37. The molecule has 0 unspecified atom stereocenters.